The zero-order chi connectivity index (χ0) is 22.9. The third kappa shape index (κ3) is 5.20. The molecule has 2 saturated heterocycles. The Bertz CT molecular complexity index is 1000. The van der Waals surface area contributed by atoms with Crippen LogP contribution in [0.2, 0.25) is 0 Å². The first-order valence-corrected chi connectivity index (χ1v) is 12.9. The Morgan fingerprint density at radius 1 is 1.06 bits per heavy atom. The Morgan fingerprint density at radius 3 is 2.42 bits per heavy atom. The number of carbonyl (C=O) groups excluding carboxylic acids is 1. The summed E-state index contributed by atoms with van der Waals surface area (Å²) in [5.74, 6) is 1.85. The van der Waals surface area contributed by atoms with Gasteiger partial charge in [0.1, 0.15) is 5.75 Å². The van der Waals surface area contributed by atoms with Crippen molar-refractivity contribution in [2.75, 3.05) is 37.7 Å². The number of carbonyl (C=O) groups is 1. The van der Waals surface area contributed by atoms with Crippen LogP contribution < -0.4 is 4.74 Å². The number of hydrogen-bond acceptors (Lipinski definition) is 4. The predicted molar refractivity (Wildman–Crippen MR) is 120 cm³/mol. The Hall–Kier alpha value is -2.49. The van der Waals surface area contributed by atoms with Crippen LogP contribution >= 0.6 is 0 Å². The number of hydrogen-bond donors (Lipinski definition) is 1. The van der Waals surface area contributed by atoms with E-state index in [-0.39, 0.29) is 23.6 Å². The highest BCUT2D eigenvalue weighted by atomic mass is 32.2. The Kier molecular flexibility index (Phi) is 6.36. The highest BCUT2D eigenvalue weighted by molar-refractivity contribution is 7.85. The highest BCUT2D eigenvalue weighted by Gasteiger charge is 2.36. The number of ether oxygens (including phenoxy) is 1. The Labute approximate surface area is 193 Å². The van der Waals surface area contributed by atoms with Gasteiger partial charge in [-0.25, -0.2) is 4.79 Å². The summed E-state index contributed by atoms with van der Waals surface area (Å²) in [5.41, 5.74) is 3.12. The van der Waals surface area contributed by atoms with Crippen molar-refractivity contribution < 1.29 is 22.5 Å². The van der Waals surface area contributed by atoms with E-state index in [1.54, 1.807) is 29.2 Å². The van der Waals surface area contributed by atoms with Crippen LogP contribution in [-0.4, -0.2) is 74.5 Å². The topological polar surface area (TPSA) is 78.5 Å². The fourth-order valence-corrected chi connectivity index (χ4v) is 5.88. The van der Waals surface area contributed by atoms with Gasteiger partial charge in [0.15, 0.2) is 0 Å². The fourth-order valence-electron chi connectivity index (χ4n) is 4.83. The molecule has 7 nitrogen and oxygen atoms in total. The molecule has 2 aliphatic heterocycles. The lowest BCUT2D eigenvalue weighted by molar-refractivity contribution is -0.0498. The van der Waals surface area contributed by atoms with Crippen molar-refractivity contribution in [3.8, 4) is 5.75 Å². The summed E-state index contributed by atoms with van der Waals surface area (Å²) >= 11 is 0. The van der Waals surface area contributed by atoms with Gasteiger partial charge in [-0.05, 0) is 43.0 Å². The quantitative estimate of drug-likeness (QED) is 0.712. The van der Waals surface area contributed by atoms with E-state index >= 15 is 0 Å². The third-order valence-electron chi connectivity index (χ3n) is 6.80. The number of amides is 2. The molecule has 1 N–H and O–H groups in total. The number of benzene rings is 1. The maximum Gasteiger partial charge on any atom is 0.387 e. The monoisotopic (exact) mass is 478 g/mol. The average molecular weight is 479 g/mol. The average Bonchev–Trinajstić information content (AvgIpc) is 3.55. The number of alkyl halides is 2. The molecule has 2 unspecified atom stereocenters. The van der Waals surface area contributed by atoms with Gasteiger partial charge in [-0.3, -0.25) is 9.31 Å². The molecule has 2 aromatic rings. The minimum atomic E-state index is -2.86. The zero-order valence-electron chi connectivity index (χ0n) is 18.3. The van der Waals surface area contributed by atoms with E-state index in [0.29, 0.717) is 43.6 Å². The second-order valence-electron chi connectivity index (χ2n) is 9.12. The van der Waals surface area contributed by atoms with Crippen molar-refractivity contribution in [3.05, 3.63) is 47.3 Å². The van der Waals surface area contributed by atoms with Gasteiger partial charge in [0.2, 0.25) is 0 Å². The normalized spacial score (nSPS) is 24.3. The van der Waals surface area contributed by atoms with E-state index in [4.69, 9.17) is 0 Å². The maximum atomic E-state index is 13.3. The first-order chi connectivity index (χ1) is 16.0. The lowest BCUT2D eigenvalue weighted by Gasteiger charge is -2.40. The predicted octanol–water partition coefficient (Wildman–Crippen LogP) is 3.65. The molecule has 3 fully saturated rings. The number of aromatic amines is 1. The van der Waals surface area contributed by atoms with Crippen LogP contribution in [0.1, 0.15) is 54.0 Å². The number of nitrogens with zero attached hydrogens (tertiary/aromatic N) is 3. The van der Waals surface area contributed by atoms with Crippen molar-refractivity contribution in [2.24, 2.45) is 0 Å². The molecule has 0 radical (unpaired) electrons. The van der Waals surface area contributed by atoms with E-state index in [0.717, 1.165) is 23.4 Å². The van der Waals surface area contributed by atoms with Gasteiger partial charge >= 0.3 is 12.6 Å². The van der Waals surface area contributed by atoms with Gasteiger partial charge in [0.05, 0.1) is 5.69 Å². The minimum Gasteiger partial charge on any atom is -0.435 e. The number of halogens is 2. The first-order valence-electron chi connectivity index (χ1n) is 11.4. The number of rotatable bonds is 5. The molecule has 178 valence electrons. The van der Waals surface area contributed by atoms with Crippen molar-refractivity contribution in [1.82, 2.24) is 20.0 Å². The number of aromatic nitrogens is 2. The number of piperidine rings is 1. The van der Waals surface area contributed by atoms with Crippen molar-refractivity contribution in [2.45, 2.75) is 43.6 Å². The van der Waals surface area contributed by atoms with E-state index in [1.165, 1.54) is 12.8 Å². The van der Waals surface area contributed by atoms with Crippen LogP contribution in [0.5, 0.6) is 5.75 Å². The molecular weight excluding hydrogens is 450 g/mol. The molecule has 5 rings (SSSR count). The molecule has 1 aromatic heterocycles. The first kappa shape index (κ1) is 22.3. The number of H-pyrrole nitrogens is 1. The zero-order valence-corrected chi connectivity index (χ0v) is 19.1. The van der Waals surface area contributed by atoms with Crippen LogP contribution in [0.3, 0.4) is 0 Å². The van der Waals surface area contributed by atoms with E-state index < -0.39 is 17.4 Å². The van der Waals surface area contributed by atoms with E-state index in [9.17, 15) is 17.8 Å². The van der Waals surface area contributed by atoms with Crippen LogP contribution in [-0.2, 0) is 10.8 Å². The van der Waals surface area contributed by atoms with Gasteiger partial charge in [-0.2, -0.15) is 13.9 Å². The van der Waals surface area contributed by atoms with Crippen LogP contribution in [0, 0.1) is 0 Å². The smallest absolute Gasteiger partial charge is 0.387 e. The molecule has 10 heteroatoms. The molecule has 3 heterocycles. The summed E-state index contributed by atoms with van der Waals surface area (Å²) in [4.78, 5) is 17.0. The Balaban J connectivity index is 1.36. The number of urea groups is 1. The van der Waals surface area contributed by atoms with E-state index in [1.807, 2.05) is 4.90 Å². The van der Waals surface area contributed by atoms with Gasteiger partial charge in [-0.1, -0.05) is 12.1 Å². The second kappa shape index (κ2) is 9.40. The van der Waals surface area contributed by atoms with Gasteiger partial charge in [0.25, 0.3) is 0 Å². The maximum absolute atomic E-state index is 13.3. The molecule has 1 aromatic carbocycles. The summed E-state index contributed by atoms with van der Waals surface area (Å²) in [6.07, 6.45) is 3.18. The molecule has 33 heavy (non-hydrogen) atoms. The molecule has 0 bridgehead atoms. The van der Waals surface area contributed by atoms with Crippen LogP contribution in [0.15, 0.2) is 30.3 Å². The summed E-state index contributed by atoms with van der Waals surface area (Å²) < 4.78 is 41.2. The van der Waals surface area contributed by atoms with Gasteiger partial charge in [0, 0.05) is 71.9 Å². The van der Waals surface area contributed by atoms with Crippen LogP contribution in [0.25, 0.3) is 0 Å². The van der Waals surface area contributed by atoms with Gasteiger partial charge < -0.3 is 14.5 Å². The summed E-state index contributed by atoms with van der Waals surface area (Å²) in [6, 6.07) is 8.82. The molecule has 1 aliphatic carbocycles. The van der Waals surface area contributed by atoms with E-state index in [2.05, 4.69) is 21.0 Å². The van der Waals surface area contributed by atoms with Crippen LogP contribution in [0.4, 0.5) is 13.6 Å². The summed E-state index contributed by atoms with van der Waals surface area (Å²) in [6.45, 7) is -0.723. The molecule has 1 saturated carbocycles. The molecule has 0 spiro atoms. The summed E-state index contributed by atoms with van der Waals surface area (Å²) in [5, 5.41) is 7.74. The van der Waals surface area contributed by atoms with Crippen molar-refractivity contribution in [1.29, 1.82) is 0 Å². The highest BCUT2D eigenvalue weighted by Crippen LogP contribution is 2.41. The van der Waals surface area contributed by atoms with Crippen molar-refractivity contribution in [3.63, 3.8) is 0 Å². The number of nitrogens with one attached hydrogen (secondary N) is 1. The van der Waals surface area contributed by atoms with Crippen molar-refractivity contribution >= 4 is 16.8 Å². The lowest BCUT2D eigenvalue weighted by atomic mass is 9.83. The molecule has 2 atom stereocenters. The third-order valence-corrected chi connectivity index (χ3v) is 8.07. The lowest BCUT2D eigenvalue weighted by Crippen LogP contribution is -2.52. The van der Waals surface area contributed by atoms with Gasteiger partial charge in [-0.15, -0.1) is 0 Å². The summed E-state index contributed by atoms with van der Waals surface area (Å²) in [7, 11) is -0.850. The SMILES string of the molecule is O=C(N1CCS(=O)CC1)N1CC(c2ccc(OC(F)F)cc2)CC(c2cc(C3CC3)[nH]n2)C1. The Morgan fingerprint density at radius 2 is 1.76 bits per heavy atom. The molecule has 2 amide bonds. The number of likely N-dealkylation sites (tertiary alicyclic amines) is 1. The molecule has 3 aliphatic rings. The standard InChI is InChI=1S/C23H28F2N4O3S/c24-22(25)32-19-5-3-15(4-6-19)17-11-18(21-12-20(26-27-21)16-1-2-16)14-29(13-17)23(30)28-7-9-33(31)10-8-28/h3-6,12,16-18,22H,1-2,7-11,13-14H2,(H,26,27). The molecular formula is C23H28F2N4O3S. The fraction of sp³-hybridized carbons (Fsp3) is 0.565. The largest absolute Gasteiger partial charge is 0.435 e. The minimum absolute atomic E-state index is 0.0306. The second-order valence-corrected chi connectivity index (χ2v) is 10.8.